The fraction of sp³-hybridized carbons (Fsp3) is 0.700. The Morgan fingerprint density at radius 3 is 2.53 bits per heavy atom. The number of esters is 2. The molecule has 1 aliphatic heterocycles. The Morgan fingerprint density at radius 1 is 1.20 bits per heavy atom. The molecule has 2 aliphatic carbocycles. The largest absolute Gasteiger partial charge is 0.393 e. The van der Waals surface area contributed by atoms with Crippen LogP contribution in [0.15, 0.2) is 0 Å². The van der Waals surface area contributed by atoms with E-state index >= 15 is 0 Å². The normalized spacial score (nSPS) is 46.9. The molecule has 3 rings (SSSR count). The van der Waals surface area contributed by atoms with E-state index in [4.69, 9.17) is 11.6 Å². The fourth-order valence-electron chi connectivity index (χ4n) is 3.52. The van der Waals surface area contributed by atoms with Gasteiger partial charge in [0.15, 0.2) is 0 Å². The van der Waals surface area contributed by atoms with E-state index in [0.29, 0.717) is 6.42 Å². The van der Waals surface area contributed by atoms with Gasteiger partial charge in [0.25, 0.3) is 0 Å². The number of carbonyl (C=O) groups is 3. The zero-order valence-corrected chi connectivity index (χ0v) is 8.57. The minimum atomic E-state index is -0.458. The van der Waals surface area contributed by atoms with Crippen LogP contribution < -0.4 is 0 Å². The maximum absolute atomic E-state index is 11.4. The molecule has 80 valence electrons. The highest BCUT2D eigenvalue weighted by Gasteiger charge is 2.63. The van der Waals surface area contributed by atoms with Crippen LogP contribution in [0.25, 0.3) is 0 Å². The van der Waals surface area contributed by atoms with Crippen LogP contribution in [-0.2, 0) is 19.1 Å². The molecule has 4 nitrogen and oxygen atoms in total. The van der Waals surface area contributed by atoms with Gasteiger partial charge in [-0.2, -0.15) is 0 Å². The molecule has 2 bridgehead atoms. The molecule has 3 fully saturated rings. The van der Waals surface area contributed by atoms with Crippen LogP contribution >= 0.6 is 11.6 Å². The lowest BCUT2D eigenvalue weighted by Crippen LogP contribution is -2.32. The quantitative estimate of drug-likeness (QED) is 0.377. The average molecular weight is 229 g/mol. The van der Waals surface area contributed by atoms with Crippen LogP contribution in [0.2, 0.25) is 0 Å². The molecule has 3 aliphatic rings. The van der Waals surface area contributed by atoms with Gasteiger partial charge in [-0.25, -0.2) is 0 Å². The van der Waals surface area contributed by atoms with E-state index in [1.54, 1.807) is 0 Å². The average Bonchev–Trinajstić information content (AvgIpc) is 2.77. The molecular formula is C10H9ClO4. The van der Waals surface area contributed by atoms with Gasteiger partial charge in [0.2, 0.25) is 5.24 Å². The molecule has 1 saturated heterocycles. The smallest absolute Gasteiger partial charge is 0.317 e. The first-order chi connectivity index (χ1) is 7.09. The van der Waals surface area contributed by atoms with Gasteiger partial charge in [0.05, 0.1) is 11.8 Å². The van der Waals surface area contributed by atoms with E-state index in [9.17, 15) is 14.4 Å². The number of halogens is 1. The van der Waals surface area contributed by atoms with Gasteiger partial charge in [0.1, 0.15) is 0 Å². The lowest BCUT2D eigenvalue weighted by molar-refractivity contribution is -0.154. The van der Waals surface area contributed by atoms with E-state index in [1.165, 1.54) is 0 Å². The molecule has 5 heteroatoms. The van der Waals surface area contributed by atoms with E-state index < -0.39 is 17.9 Å². The van der Waals surface area contributed by atoms with Crippen LogP contribution in [0.5, 0.6) is 0 Å². The molecular weight excluding hydrogens is 220 g/mol. The molecule has 0 aromatic heterocycles. The molecule has 0 aromatic rings. The Morgan fingerprint density at radius 2 is 1.87 bits per heavy atom. The molecule has 15 heavy (non-hydrogen) atoms. The third-order valence-corrected chi connectivity index (χ3v) is 4.32. The Labute approximate surface area is 90.9 Å². The van der Waals surface area contributed by atoms with Crippen molar-refractivity contribution in [1.82, 2.24) is 0 Å². The predicted molar refractivity (Wildman–Crippen MR) is 48.6 cm³/mol. The first-order valence-electron chi connectivity index (χ1n) is 5.04. The Bertz CT molecular complexity index is 378. The maximum Gasteiger partial charge on any atom is 0.317 e. The van der Waals surface area contributed by atoms with Gasteiger partial charge in [-0.3, -0.25) is 14.4 Å². The van der Waals surface area contributed by atoms with Gasteiger partial charge >= 0.3 is 11.9 Å². The van der Waals surface area contributed by atoms with E-state index in [0.717, 1.165) is 6.42 Å². The standard InChI is InChI=1S/C10H9ClO4/c11-8(12)5-2-3-1-4(5)7-6(3)9(13)15-10(7)14/h3-7H,1-2H2. The van der Waals surface area contributed by atoms with Gasteiger partial charge in [-0.05, 0) is 36.3 Å². The van der Waals surface area contributed by atoms with Crippen LogP contribution in [0.4, 0.5) is 0 Å². The van der Waals surface area contributed by atoms with Crippen LogP contribution in [0.3, 0.4) is 0 Å². The molecule has 0 radical (unpaired) electrons. The molecule has 5 atom stereocenters. The van der Waals surface area contributed by atoms with Crippen LogP contribution in [0, 0.1) is 29.6 Å². The number of fused-ring (bicyclic) bond motifs is 5. The summed E-state index contributed by atoms with van der Waals surface area (Å²) in [6, 6.07) is 0. The summed E-state index contributed by atoms with van der Waals surface area (Å²) in [6.07, 6.45) is 1.40. The topological polar surface area (TPSA) is 60.4 Å². The van der Waals surface area contributed by atoms with E-state index in [-0.39, 0.29) is 28.9 Å². The number of hydrogen-bond acceptors (Lipinski definition) is 4. The van der Waals surface area contributed by atoms with Gasteiger partial charge < -0.3 is 4.74 Å². The number of hydrogen-bond donors (Lipinski definition) is 0. The molecule has 0 aromatic carbocycles. The van der Waals surface area contributed by atoms with Crippen molar-refractivity contribution in [2.24, 2.45) is 29.6 Å². The Hall–Kier alpha value is -0.900. The Balaban J connectivity index is 1.95. The molecule has 2 saturated carbocycles. The van der Waals surface area contributed by atoms with E-state index in [1.807, 2.05) is 0 Å². The van der Waals surface area contributed by atoms with Gasteiger partial charge in [0, 0.05) is 5.92 Å². The monoisotopic (exact) mass is 228 g/mol. The number of carbonyl (C=O) groups excluding carboxylic acids is 3. The molecule has 0 spiro atoms. The van der Waals surface area contributed by atoms with Crippen molar-refractivity contribution < 1.29 is 19.1 Å². The third kappa shape index (κ3) is 1.06. The molecule has 0 N–H and O–H groups in total. The highest BCUT2D eigenvalue weighted by atomic mass is 35.5. The van der Waals surface area contributed by atoms with Crippen molar-refractivity contribution in [3.8, 4) is 0 Å². The predicted octanol–water partition coefficient (Wildman–Crippen LogP) is 0.724. The second-order valence-electron chi connectivity index (χ2n) is 4.60. The maximum atomic E-state index is 11.4. The number of rotatable bonds is 1. The summed E-state index contributed by atoms with van der Waals surface area (Å²) in [5.74, 6) is -1.76. The lowest BCUT2D eigenvalue weighted by Gasteiger charge is -2.24. The highest BCUT2D eigenvalue weighted by molar-refractivity contribution is 6.64. The van der Waals surface area contributed by atoms with Crippen molar-refractivity contribution in [1.29, 1.82) is 0 Å². The molecule has 1 heterocycles. The lowest BCUT2D eigenvalue weighted by atomic mass is 9.76. The number of ether oxygens (including phenoxy) is 1. The summed E-state index contributed by atoms with van der Waals surface area (Å²) in [7, 11) is 0. The highest BCUT2D eigenvalue weighted by Crippen LogP contribution is 2.58. The molecule has 5 unspecified atom stereocenters. The SMILES string of the molecule is O=C(Cl)C1CC2CC1C1C(=O)OC(=O)C21. The first kappa shape index (κ1) is 9.33. The van der Waals surface area contributed by atoms with Gasteiger partial charge in [-0.15, -0.1) is 0 Å². The minimum absolute atomic E-state index is 0.0658. The second kappa shape index (κ2) is 2.82. The zero-order valence-electron chi connectivity index (χ0n) is 7.81. The van der Waals surface area contributed by atoms with Crippen molar-refractivity contribution in [3.05, 3.63) is 0 Å². The third-order valence-electron chi connectivity index (χ3n) is 4.04. The summed E-state index contributed by atoms with van der Waals surface area (Å²) in [5.41, 5.74) is 0. The van der Waals surface area contributed by atoms with Crippen molar-refractivity contribution in [3.63, 3.8) is 0 Å². The van der Waals surface area contributed by atoms with Crippen LogP contribution in [-0.4, -0.2) is 17.2 Å². The number of cyclic esters (lactones) is 2. The summed E-state index contributed by atoms with van der Waals surface area (Å²) < 4.78 is 4.60. The summed E-state index contributed by atoms with van der Waals surface area (Å²) in [5, 5.41) is -0.381. The zero-order chi connectivity index (χ0) is 10.7. The van der Waals surface area contributed by atoms with Crippen molar-refractivity contribution >= 4 is 28.8 Å². The summed E-state index contributed by atoms with van der Waals surface area (Å²) >= 11 is 5.48. The minimum Gasteiger partial charge on any atom is -0.393 e. The second-order valence-corrected chi connectivity index (χ2v) is 4.97. The van der Waals surface area contributed by atoms with Crippen molar-refractivity contribution in [2.45, 2.75) is 12.8 Å². The van der Waals surface area contributed by atoms with Crippen molar-refractivity contribution in [2.75, 3.05) is 0 Å². The fourth-order valence-corrected chi connectivity index (χ4v) is 3.77. The summed E-state index contributed by atoms with van der Waals surface area (Å²) in [4.78, 5) is 33.9. The molecule has 0 amide bonds. The Kier molecular flexibility index (Phi) is 1.75. The van der Waals surface area contributed by atoms with Gasteiger partial charge in [-0.1, -0.05) is 0 Å². The van der Waals surface area contributed by atoms with E-state index in [2.05, 4.69) is 4.74 Å². The summed E-state index contributed by atoms with van der Waals surface area (Å²) in [6.45, 7) is 0. The van der Waals surface area contributed by atoms with Crippen LogP contribution in [0.1, 0.15) is 12.8 Å². The first-order valence-corrected chi connectivity index (χ1v) is 5.42.